The predicted molar refractivity (Wildman–Crippen MR) is 94.3 cm³/mol. The number of hydrogen-bond donors (Lipinski definition) is 1. The summed E-state index contributed by atoms with van der Waals surface area (Å²) in [5.41, 5.74) is 6.83. The molecule has 24 heavy (non-hydrogen) atoms. The predicted octanol–water partition coefficient (Wildman–Crippen LogP) is 1.48. The largest absolute Gasteiger partial charge is 0.497 e. The van der Waals surface area contributed by atoms with Crippen molar-refractivity contribution in [3.63, 3.8) is 0 Å². The number of methoxy groups -OCH3 is 2. The molecule has 0 spiro atoms. The van der Waals surface area contributed by atoms with E-state index in [4.69, 9.17) is 15.2 Å². The molecule has 1 atom stereocenters. The van der Waals surface area contributed by atoms with Crippen molar-refractivity contribution in [1.82, 2.24) is 9.80 Å². The zero-order valence-electron chi connectivity index (χ0n) is 15.0. The normalized spacial score (nSPS) is 16.8. The van der Waals surface area contributed by atoms with E-state index in [-0.39, 0.29) is 11.9 Å². The van der Waals surface area contributed by atoms with Gasteiger partial charge >= 0.3 is 0 Å². The molecule has 0 aliphatic carbocycles. The SMILES string of the molecule is COc1ccc(OC)c(CN2CCN(C(=O)CCC(C)N)CC2)c1. The van der Waals surface area contributed by atoms with Crippen LogP contribution in [0.15, 0.2) is 18.2 Å². The van der Waals surface area contributed by atoms with E-state index in [1.165, 1.54) is 0 Å². The van der Waals surface area contributed by atoms with Gasteiger partial charge in [-0.3, -0.25) is 9.69 Å². The molecule has 0 saturated carbocycles. The molecule has 6 heteroatoms. The van der Waals surface area contributed by atoms with Crippen LogP contribution in [-0.2, 0) is 11.3 Å². The molecule has 1 fully saturated rings. The molecule has 1 aromatic rings. The lowest BCUT2D eigenvalue weighted by Crippen LogP contribution is -2.48. The minimum absolute atomic E-state index is 0.0794. The Morgan fingerprint density at radius 1 is 1.21 bits per heavy atom. The molecule has 134 valence electrons. The average Bonchev–Trinajstić information content (AvgIpc) is 2.60. The van der Waals surface area contributed by atoms with E-state index in [0.29, 0.717) is 6.42 Å². The maximum absolute atomic E-state index is 12.2. The summed E-state index contributed by atoms with van der Waals surface area (Å²) >= 11 is 0. The van der Waals surface area contributed by atoms with E-state index in [1.807, 2.05) is 30.0 Å². The lowest BCUT2D eigenvalue weighted by molar-refractivity contribution is -0.133. The highest BCUT2D eigenvalue weighted by molar-refractivity contribution is 5.76. The van der Waals surface area contributed by atoms with Crippen LogP contribution < -0.4 is 15.2 Å². The van der Waals surface area contributed by atoms with Crippen LogP contribution in [0.5, 0.6) is 11.5 Å². The zero-order chi connectivity index (χ0) is 17.5. The number of hydrogen-bond acceptors (Lipinski definition) is 5. The van der Waals surface area contributed by atoms with Crippen LogP contribution in [0.25, 0.3) is 0 Å². The van der Waals surface area contributed by atoms with Gasteiger partial charge in [-0.2, -0.15) is 0 Å². The Kier molecular flexibility index (Phi) is 6.87. The summed E-state index contributed by atoms with van der Waals surface area (Å²) in [5, 5.41) is 0. The van der Waals surface area contributed by atoms with Gasteiger partial charge in [0.25, 0.3) is 0 Å². The lowest BCUT2D eigenvalue weighted by atomic mass is 10.1. The molecule has 2 rings (SSSR count). The summed E-state index contributed by atoms with van der Waals surface area (Å²) in [5.74, 6) is 1.91. The topological polar surface area (TPSA) is 68.0 Å². The fraction of sp³-hybridized carbons (Fsp3) is 0.611. The number of rotatable bonds is 7. The van der Waals surface area contributed by atoms with Gasteiger partial charge in [0.2, 0.25) is 5.91 Å². The van der Waals surface area contributed by atoms with E-state index in [0.717, 1.165) is 56.2 Å². The number of amides is 1. The molecule has 6 nitrogen and oxygen atoms in total. The van der Waals surface area contributed by atoms with Crippen LogP contribution in [-0.4, -0.2) is 62.1 Å². The smallest absolute Gasteiger partial charge is 0.222 e. The molecule has 1 aliphatic heterocycles. The van der Waals surface area contributed by atoms with Crippen molar-refractivity contribution in [1.29, 1.82) is 0 Å². The Bertz CT molecular complexity index is 540. The number of benzene rings is 1. The van der Waals surface area contributed by atoms with Gasteiger partial charge < -0.3 is 20.1 Å². The monoisotopic (exact) mass is 335 g/mol. The van der Waals surface area contributed by atoms with Gasteiger partial charge in [0.05, 0.1) is 14.2 Å². The minimum Gasteiger partial charge on any atom is -0.497 e. The molecule has 0 aromatic heterocycles. The number of piperazine rings is 1. The molecule has 1 heterocycles. The fourth-order valence-corrected chi connectivity index (χ4v) is 2.91. The van der Waals surface area contributed by atoms with Crippen LogP contribution in [0.4, 0.5) is 0 Å². The maximum Gasteiger partial charge on any atom is 0.222 e. The summed E-state index contributed by atoms with van der Waals surface area (Å²) in [6.07, 6.45) is 1.29. The summed E-state index contributed by atoms with van der Waals surface area (Å²) < 4.78 is 10.7. The molecule has 1 aromatic carbocycles. The van der Waals surface area contributed by atoms with Crippen molar-refractivity contribution >= 4 is 5.91 Å². The van der Waals surface area contributed by atoms with E-state index in [9.17, 15) is 4.79 Å². The molecule has 1 unspecified atom stereocenters. The van der Waals surface area contributed by atoms with Gasteiger partial charge in [-0.25, -0.2) is 0 Å². The molecule has 0 radical (unpaired) electrons. The van der Waals surface area contributed by atoms with Crippen LogP contribution in [0.3, 0.4) is 0 Å². The number of nitrogens with two attached hydrogens (primary N) is 1. The first-order valence-electron chi connectivity index (χ1n) is 8.50. The number of ether oxygens (including phenoxy) is 2. The Labute approximate surface area is 144 Å². The molecule has 1 amide bonds. The van der Waals surface area contributed by atoms with Gasteiger partial charge in [-0.15, -0.1) is 0 Å². The average molecular weight is 335 g/mol. The van der Waals surface area contributed by atoms with E-state index < -0.39 is 0 Å². The molecular weight excluding hydrogens is 306 g/mol. The Balaban J connectivity index is 1.88. The highest BCUT2D eigenvalue weighted by atomic mass is 16.5. The second-order valence-electron chi connectivity index (χ2n) is 6.35. The van der Waals surface area contributed by atoms with Crippen LogP contribution in [0.2, 0.25) is 0 Å². The Morgan fingerprint density at radius 2 is 1.92 bits per heavy atom. The van der Waals surface area contributed by atoms with E-state index in [1.54, 1.807) is 14.2 Å². The fourth-order valence-electron chi connectivity index (χ4n) is 2.91. The van der Waals surface area contributed by atoms with Crippen molar-refractivity contribution < 1.29 is 14.3 Å². The van der Waals surface area contributed by atoms with E-state index >= 15 is 0 Å². The lowest BCUT2D eigenvalue weighted by Gasteiger charge is -2.35. The number of carbonyl (C=O) groups is 1. The van der Waals surface area contributed by atoms with Crippen molar-refractivity contribution in [3.8, 4) is 11.5 Å². The zero-order valence-corrected chi connectivity index (χ0v) is 15.0. The Hall–Kier alpha value is -1.79. The number of carbonyl (C=O) groups excluding carboxylic acids is 1. The van der Waals surface area contributed by atoms with Gasteiger partial charge in [0.15, 0.2) is 0 Å². The second-order valence-corrected chi connectivity index (χ2v) is 6.35. The molecule has 1 aliphatic rings. The molecular formula is C18H29N3O3. The summed E-state index contributed by atoms with van der Waals surface area (Å²) in [4.78, 5) is 16.5. The van der Waals surface area contributed by atoms with Crippen molar-refractivity contribution in [2.45, 2.75) is 32.4 Å². The number of nitrogens with zero attached hydrogens (tertiary/aromatic N) is 2. The van der Waals surface area contributed by atoms with Crippen LogP contribution in [0, 0.1) is 0 Å². The third-order valence-corrected chi connectivity index (χ3v) is 4.42. The van der Waals surface area contributed by atoms with Crippen molar-refractivity contribution in [2.24, 2.45) is 5.73 Å². The summed E-state index contributed by atoms with van der Waals surface area (Å²) in [6.45, 7) is 6.00. The minimum atomic E-state index is 0.0794. The van der Waals surface area contributed by atoms with Gasteiger partial charge in [-0.05, 0) is 31.5 Å². The first-order valence-corrected chi connectivity index (χ1v) is 8.50. The molecule has 1 saturated heterocycles. The maximum atomic E-state index is 12.2. The Morgan fingerprint density at radius 3 is 2.50 bits per heavy atom. The van der Waals surface area contributed by atoms with Crippen LogP contribution in [0.1, 0.15) is 25.3 Å². The van der Waals surface area contributed by atoms with E-state index in [2.05, 4.69) is 4.90 Å². The highest BCUT2D eigenvalue weighted by Crippen LogP contribution is 2.25. The third kappa shape index (κ3) is 5.11. The highest BCUT2D eigenvalue weighted by Gasteiger charge is 2.22. The van der Waals surface area contributed by atoms with Gasteiger partial charge in [0, 0.05) is 50.7 Å². The standard InChI is InChI=1S/C18H29N3O3/c1-14(19)4-7-18(22)21-10-8-20(9-11-21)13-15-12-16(23-2)5-6-17(15)24-3/h5-6,12,14H,4,7-11,13,19H2,1-3H3. The quantitative estimate of drug-likeness (QED) is 0.817. The van der Waals surface area contributed by atoms with Crippen molar-refractivity contribution in [3.05, 3.63) is 23.8 Å². The summed E-state index contributed by atoms with van der Waals surface area (Å²) in [6, 6.07) is 5.92. The van der Waals surface area contributed by atoms with Crippen LogP contribution >= 0.6 is 0 Å². The third-order valence-electron chi connectivity index (χ3n) is 4.42. The van der Waals surface area contributed by atoms with Gasteiger partial charge in [-0.1, -0.05) is 0 Å². The van der Waals surface area contributed by atoms with Gasteiger partial charge in [0.1, 0.15) is 11.5 Å². The first kappa shape index (κ1) is 18.5. The molecule has 2 N–H and O–H groups in total. The van der Waals surface area contributed by atoms with Crippen molar-refractivity contribution in [2.75, 3.05) is 40.4 Å². The second kappa shape index (κ2) is 8.89. The first-order chi connectivity index (χ1) is 11.5. The summed E-state index contributed by atoms with van der Waals surface area (Å²) in [7, 11) is 3.35. The molecule has 0 bridgehead atoms.